The van der Waals surface area contributed by atoms with Crippen molar-refractivity contribution in [3.63, 3.8) is 0 Å². The molecule has 0 aromatic carbocycles. The molecule has 150 valence electrons. The van der Waals surface area contributed by atoms with Crippen molar-refractivity contribution in [1.29, 1.82) is 0 Å². The normalized spacial score (nSPS) is 48.9. The smallest absolute Gasteiger partial charge is 0.110 e. The number of hydrogen-bond donors (Lipinski definition) is 2. The minimum Gasteiger partial charge on any atom is -0.494 e. The van der Waals surface area contributed by atoms with E-state index in [1.54, 1.807) is 0 Å². The molecule has 7 atom stereocenters. The molecule has 0 saturated heterocycles. The highest BCUT2D eigenvalue weighted by atomic mass is 16.5. The second-order valence-electron chi connectivity index (χ2n) is 10.2. The quantitative estimate of drug-likeness (QED) is 0.704. The van der Waals surface area contributed by atoms with E-state index < -0.39 is 0 Å². The maximum absolute atomic E-state index is 10.8. The lowest BCUT2D eigenvalue weighted by molar-refractivity contribution is -0.131. The molecule has 0 heterocycles. The van der Waals surface area contributed by atoms with Gasteiger partial charge >= 0.3 is 0 Å². The maximum atomic E-state index is 10.8. The Morgan fingerprint density at radius 1 is 1.07 bits per heavy atom. The molecule has 4 unspecified atom stereocenters. The number of hydrogen-bond acceptors (Lipinski definition) is 3. The van der Waals surface area contributed by atoms with Gasteiger partial charge in [0.2, 0.25) is 0 Å². The van der Waals surface area contributed by atoms with Crippen LogP contribution in [0.1, 0.15) is 77.6 Å². The van der Waals surface area contributed by atoms with Gasteiger partial charge < -0.3 is 14.9 Å². The van der Waals surface area contributed by atoms with Crippen molar-refractivity contribution in [1.82, 2.24) is 0 Å². The van der Waals surface area contributed by atoms with Crippen LogP contribution in [0.5, 0.6) is 0 Å². The Kier molecular flexibility index (Phi) is 4.48. The van der Waals surface area contributed by atoms with Gasteiger partial charge in [-0.2, -0.15) is 0 Å². The summed E-state index contributed by atoms with van der Waals surface area (Å²) in [6, 6.07) is 0. The van der Waals surface area contributed by atoms with E-state index >= 15 is 0 Å². The molecule has 0 aromatic rings. The molecule has 0 spiro atoms. The third kappa shape index (κ3) is 2.53. The summed E-state index contributed by atoms with van der Waals surface area (Å²) >= 11 is 0. The van der Waals surface area contributed by atoms with Crippen LogP contribution in [-0.2, 0) is 4.74 Å². The Balaban J connectivity index is 1.51. The summed E-state index contributed by atoms with van der Waals surface area (Å²) in [6.07, 6.45) is 17.0. The van der Waals surface area contributed by atoms with Crippen molar-refractivity contribution in [3.8, 4) is 0 Å². The van der Waals surface area contributed by atoms with Crippen LogP contribution in [0, 0.1) is 28.6 Å². The number of allylic oxidation sites excluding steroid dienone is 3. The first-order chi connectivity index (χ1) is 13.1. The van der Waals surface area contributed by atoms with Crippen LogP contribution in [0.4, 0.5) is 0 Å². The number of ether oxygens (including phenoxy) is 1. The Morgan fingerprint density at radius 2 is 1.96 bits per heavy atom. The Hall–Kier alpha value is -0.800. The van der Waals surface area contributed by atoms with E-state index in [1.165, 1.54) is 24.2 Å². The fraction of sp³-hybridized carbons (Fsp3) is 0.833. The second-order valence-corrected chi connectivity index (χ2v) is 10.2. The summed E-state index contributed by atoms with van der Waals surface area (Å²) in [5.41, 5.74) is 1.39. The first-order valence-electron chi connectivity index (χ1n) is 11.4. The van der Waals surface area contributed by atoms with Gasteiger partial charge in [0.25, 0.3) is 0 Å². The SMILES string of the molecule is C[C@]12CCC3C(CC=C4CCCC(OC5=CCCC5)[C@@]43CO)C1CC[C@@H]2O. The Morgan fingerprint density at radius 3 is 2.74 bits per heavy atom. The lowest BCUT2D eigenvalue weighted by atomic mass is 9.47. The molecular formula is C24H36O3. The zero-order chi connectivity index (χ0) is 18.6. The van der Waals surface area contributed by atoms with Gasteiger partial charge in [-0.15, -0.1) is 0 Å². The molecule has 0 aromatic heterocycles. The van der Waals surface area contributed by atoms with Gasteiger partial charge in [-0.25, -0.2) is 0 Å². The largest absolute Gasteiger partial charge is 0.494 e. The molecule has 3 nitrogen and oxygen atoms in total. The number of aliphatic hydroxyl groups is 2. The van der Waals surface area contributed by atoms with Crippen LogP contribution in [0.15, 0.2) is 23.5 Å². The standard InChI is InChI=1S/C24H36O3/c1-23-14-13-20-18(19(23)11-12-21(23)26)10-9-16-5-4-8-22(24(16,20)15-25)27-17-6-2-3-7-17/h6,9,18-22,25-26H,2-5,7-8,10-15H2,1H3/t18?,19?,20?,21-,22?,23-,24-/m0/s1. The fourth-order valence-corrected chi connectivity index (χ4v) is 7.87. The van der Waals surface area contributed by atoms with Crippen LogP contribution in [-0.4, -0.2) is 29.0 Å². The molecule has 5 aliphatic carbocycles. The van der Waals surface area contributed by atoms with Gasteiger partial charge in [0.1, 0.15) is 6.10 Å². The van der Waals surface area contributed by atoms with E-state index in [0.717, 1.165) is 57.8 Å². The highest BCUT2D eigenvalue weighted by Crippen LogP contribution is 2.65. The third-order valence-electron chi connectivity index (χ3n) is 9.32. The Labute approximate surface area is 163 Å². The molecule has 2 N–H and O–H groups in total. The van der Waals surface area contributed by atoms with E-state index in [4.69, 9.17) is 4.74 Å². The molecule has 0 radical (unpaired) electrons. The van der Waals surface area contributed by atoms with E-state index in [0.29, 0.717) is 17.8 Å². The van der Waals surface area contributed by atoms with Crippen molar-refractivity contribution >= 4 is 0 Å². The van der Waals surface area contributed by atoms with Crippen LogP contribution < -0.4 is 0 Å². The zero-order valence-electron chi connectivity index (χ0n) is 16.8. The molecular weight excluding hydrogens is 336 g/mol. The average molecular weight is 373 g/mol. The Bertz CT molecular complexity index is 652. The molecule has 3 saturated carbocycles. The van der Waals surface area contributed by atoms with E-state index in [9.17, 15) is 10.2 Å². The molecule has 27 heavy (non-hydrogen) atoms. The van der Waals surface area contributed by atoms with Gasteiger partial charge in [-0.1, -0.05) is 18.6 Å². The van der Waals surface area contributed by atoms with Gasteiger partial charge in [0, 0.05) is 6.42 Å². The van der Waals surface area contributed by atoms with Crippen LogP contribution >= 0.6 is 0 Å². The molecule has 0 aliphatic heterocycles. The zero-order valence-corrected chi connectivity index (χ0v) is 16.8. The number of rotatable bonds is 3. The molecule has 3 fully saturated rings. The lowest BCUT2D eigenvalue weighted by Gasteiger charge is -2.59. The molecule has 5 rings (SSSR count). The molecule has 0 bridgehead atoms. The number of aliphatic hydroxyl groups excluding tert-OH is 2. The summed E-state index contributed by atoms with van der Waals surface area (Å²) in [7, 11) is 0. The predicted molar refractivity (Wildman–Crippen MR) is 106 cm³/mol. The predicted octanol–water partition coefficient (Wildman–Crippen LogP) is 4.74. The lowest BCUT2D eigenvalue weighted by Crippen LogP contribution is -2.57. The molecule has 5 aliphatic rings. The topological polar surface area (TPSA) is 49.7 Å². The van der Waals surface area contributed by atoms with Crippen LogP contribution in [0.25, 0.3) is 0 Å². The summed E-state index contributed by atoms with van der Waals surface area (Å²) in [5.74, 6) is 2.88. The van der Waals surface area contributed by atoms with Crippen molar-refractivity contribution in [2.24, 2.45) is 28.6 Å². The van der Waals surface area contributed by atoms with Crippen molar-refractivity contribution in [2.45, 2.75) is 89.8 Å². The van der Waals surface area contributed by atoms with Gasteiger partial charge in [-0.3, -0.25) is 0 Å². The van der Waals surface area contributed by atoms with Gasteiger partial charge in [0.05, 0.1) is 23.9 Å². The summed E-state index contributed by atoms with van der Waals surface area (Å²) in [5, 5.41) is 21.5. The highest BCUT2D eigenvalue weighted by molar-refractivity contribution is 5.28. The molecule has 3 heteroatoms. The second kappa shape index (κ2) is 6.62. The monoisotopic (exact) mass is 372 g/mol. The van der Waals surface area contributed by atoms with Crippen molar-refractivity contribution in [2.75, 3.05) is 6.61 Å². The van der Waals surface area contributed by atoms with E-state index in [-0.39, 0.29) is 29.6 Å². The van der Waals surface area contributed by atoms with Gasteiger partial charge in [0.15, 0.2) is 0 Å². The fourth-order valence-electron chi connectivity index (χ4n) is 7.87. The maximum Gasteiger partial charge on any atom is 0.110 e. The van der Waals surface area contributed by atoms with Crippen LogP contribution in [0.2, 0.25) is 0 Å². The van der Waals surface area contributed by atoms with E-state index in [1.807, 2.05) is 0 Å². The first-order valence-corrected chi connectivity index (χ1v) is 11.4. The summed E-state index contributed by atoms with van der Waals surface area (Å²) in [4.78, 5) is 0. The minimum absolute atomic E-state index is 0.0855. The molecule has 0 amide bonds. The van der Waals surface area contributed by atoms with Gasteiger partial charge in [-0.05, 0) is 93.5 Å². The van der Waals surface area contributed by atoms with Crippen molar-refractivity contribution < 1.29 is 14.9 Å². The third-order valence-corrected chi connectivity index (χ3v) is 9.32. The highest BCUT2D eigenvalue weighted by Gasteiger charge is 2.62. The van der Waals surface area contributed by atoms with Crippen LogP contribution in [0.3, 0.4) is 0 Å². The number of fused-ring (bicyclic) bond motifs is 5. The minimum atomic E-state index is -0.181. The van der Waals surface area contributed by atoms with Crippen molar-refractivity contribution in [3.05, 3.63) is 23.5 Å². The summed E-state index contributed by atoms with van der Waals surface area (Å²) in [6.45, 7) is 2.55. The van der Waals surface area contributed by atoms with E-state index in [2.05, 4.69) is 19.1 Å². The summed E-state index contributed by atoms with van der Waals surface area (Å²) < 4.78 is 6.63. The first kappa shape index (κ1) is 18.2. The average Bonchev–Trinajstić information content (AvgIpc) is 3.29.